The lowest BCUT2D eigenvalue weighted by atomic mass is 9.75. The Bertz CT molecular complexity index is 3830. The number of thioether (sulfide) groups is 1. The fourth-order valence-electron chi connectivity index (χ4n) is 14.3. The number of benzene rings is 1. The van der Waals surface area contributed by atoms with Gasteiger partial charge in [0.25, 0.3) is 0 Å². The van der Waals surface area contributed by atoms with E-state index >= 15 is 0 Å². The molecule has 127 heavy (non-hydrogen) atoms. The lowest BCUT2D eigenvalue weighted by molar-refractivity contribution is -0.337. The third-order valence-corrected chi connectivity index (χ3v) is 27.2. The molecule has 1 aromatic carbocycles. The SMILES string of the molecule is CC(C)(S)CCC(=O)CCCOCCOCCOCCO.CCN(C(=O)CN)C1COC(OC2C(O[C@H]3C#C/C=C\C#C[C@]4(O)CC(=O)C(NC(=O)OC)=C3/C4=C\CSSC(C)(C)CCC(=O)CCCOCCOCCOCCO)OC(C)C(NOC3CC(O)C(SC(=O)c4c(C)c(I)c(OC5OC(C)C(O)C(OC)C5O)c(OC)c4OC)C(C)O3)C2O)CC1OC. The summed E-state index contributed by atoms with van der Waals surface area (Å²) in [7, 11) is 9.53. The Hall–Kier alpha value is -4.45. The van der Waals surface area contributed by atoms with Crippen LogP contribution in [0.5, 0.6) is 17.2 Å². The summed E-state index contributed by atoms with van der Waals surface area (Å²) in [5.74, 6) is 11.1. The minimum atomic E-state index is -2.19. The van der Waals surface area contributed by atoms with E-state index in [0.29, 0.717) is 120 Å². The van der Waals surface area contributed by atoms with Crippen LogP contribution in [0, 0.1) is 34.2 Å². The highest BCUT2D eigenvalue weighted by molar-refractivity contribution is 14.1. The van der Waals surface area contributed by atoms with Crippen molar-refractivity contribution in [2.75, 3.05) is 153 Å². The molecule has 4 fully saturated rings. The Kier molecular flexibility index (Phi) is 50.2. The summed E-state index contributed by atoms with van der Waals surface area (Å²) in [6.45, 7) is 21.4. The van der Waals surface area contributed by atoms with Crippen molar-refractivity contribution < 1.29 is 155 Å². The maximum absolute atomic E-state index is 14.6. The molecule has 0 saturated carbocycles. The van der Waals surface area contributed by atoms with Crippen LogP contribution in [0.3, 0.4) is 0 Å². The average Bonchev–Trinajstić information content (AvgIpc) is 0.753. The van der Waals surface area contributed by atoms with Gasteiger partial charge in [0.15, 0.2) is 41.8 Å². The molecule has 1 aromatic rings. The molecule has 6 aliphatic rings. The van der Waals surface area contributed by atoms with Gasteiger partial charge in [-0.15, -0.1) is 0 Å². The largest absolute Gasteiger partial charge is 0.492 e. The van der Waals surface area contributed by atoms with Gasteiger partial charge in [0, 0.05) is 98.9 Å². The van der Waals surface area contributed by atoms with Crippen LogP contribution in [0.2, 0.25) is 0 Å². The van der Waals surface area contributed by atoms with Crippen LogP contribution in [-0.4, -0.2) is 353 Å². The number of halogens is 1. The predicted octanol–water partition coefficient (Wildman–Crippen LogP) is 4.93. The molecule has 2 aliphatic carbocycles. The zero-order chi connectivity index (χ0) is 93.6. The average molecular weight is 1990 g/mol. The van der Waals surface area contributed by atoms with E-state index < -0.39 is 143 Å². The second kappa shape index (κ2) is 57.3. The van der Waals surface area contributed by atoms with Crippen molar-refractivity contribution in [3.8, 4) is 40.9 Å². The van der Waals surface area contributed by atoms with Crippen LogP contribution in [0.25, 0.3) is 0 Å². The minimum Gasteiger partial charge on any atom is -0.492 e. The van der Waals surface area contributed by atoms with Gasteiger partial charge in [-0.3, -0.25) is 34.1 Å². The van der Waals surface area contributed by atoms with Crippen molar-refractivity contribution in [2.45, 2.75) is 258 Å². The van der Waals surface area contributed by atoms with Gasteiger partial charge in [0.1, 0.15) is 48.2 Å². The summed E-state index contributed by atoms with van der Waals surface area (Å²) in [5.41, 5.74) is 6.63. The molecule has 36 nitrogen and oxygen atoms in total. The van der Waals surface area contributed by atoms with Crippen LogP contribution >= 0.6 is 68.6 Å². The van der Waals surface area contributed by atoms with Crippen LogP contribution in [0.4, 0.5) is 4.79 Å². The summed E-state index contributed by atoms with van der Waals surface area (Å²) in [5, 5.41) is 77.5. The Balaban J connectivity index is 0.00000104. The number of nitrogens with one attached hydrogen (secondary N) is 2. The number of methoxy groups -OCH3 is 5. The Morgan fingerprint density at radius 2 is 1.31 bits per heavy atom. The maximum atomic E-state index is 14.6. The van der Waals surface area contributed by atoms with E-state index in [4.69, 9.17) is 106 Å². The van der Waals surface area contributed by atoms with Crippen molar-refractivity contribution in [1.82, 2.24) is 15.7 Å². The van der Waals surface area contributed by atoms with Crippen LogP contribution in [0.15, 0.2) is 35.1 Å². The Morgan fingerprint density at radius 3 is 1.87 bits per heavy atom. The lowest BCUT2D eigenvalue weighted by Gasteiger charge is -2.47. The van der Waals surface area contributed by atoms with Crippen molar-refractivity contribution in [1.29, 1.82) is 0 Å². The Labute approximate surface area is 776 Å². The number of nitrogens with zero attached hydrogens (tertiary/aromatic N) is 1. The minimum absolute atomic E-state index is 0.00126. The number of ketones is 3. The van der Waals surface area contributed by atoms with Crippen molar-refractivity contribution in [3.63, 3.8) is 0 Å². The van der Waals surface area contributed by atoms with Gasteiger partial charge >= 0.3 is 6.09 Å². The van der Waals surface area contributed by atoms with Crippen molar-refractivity contribution in [3.05, 3.63) is 49.8 Å². The van der Waals surface area contributed by atoms with Gasteiger partial charge < -0.3 is 132 Å². The van der Waals surface area contributed by atoms with Gasteiger partial charge in [0.05, 0.1) is 183 Å². The highest BCUT2D eigenvalue weighted by Crippen LogP contribution is 2.50. The van der Waals surface area contributed by atoms with E-state index in [2.05, 4.69) is 47.1 Å². The number of fused-ring (bicyclic) bond motifs is 2. The highest BCUT2D eigenvalue weighted by Gasteiger charge is 2.53. The number of ether oxygens (including phenoxy) is 18. The van der Waals surface area contributed by atoms with Gasteiger partial charge in [-0.05, 0) is 114 Å². The standard InChI is InChI=1S/C71H103IN4O27S3.C15H30O5S/c1-13-76(49(81)36-73)44-37-96-50(34-48(44)88-8)101-63-58(83)55(75-103-51-33-45(79)65(41(5)97-51)105-66(85)52-38(2)54(72)61(64(91-11)60(52)89-9)102-67-59(84)62(90-10)57(82)40(4)99-67)39(3)98-68(63)100-47-20-16-14-15-17-23-71(87)35-46(80)56(74-69(86)92-12)53(47)43(71)22-32-104-106-70(6,7)24-21-42(78)19-18-26-93-28-30-95-31-29-94-27-25-77;1-15(2,21)6-5-14(17)4-3-8-18-10-12-20-13-11-19-9-7-16/h14-15,22,39-41,44-45,47-48,50-51,55,57-59,62-63,65,67-68,75,77,79,82-84,87H,13,18-19,21,24-37,73H2,1-12H3,(H,74,86);16,21H,3-13H2,1-2H3/b15-14-,43-22+;/t39?,40?,41?,44?,45?,47-,48?,50?,51?,55?,57?,58?,59?,62?,63?,65?,67?,68?,71-;/m0./s1. The number of likely N-dealkylation sites (N-methyl/N-ethyl adjacent to an activating group) is 1. The first-order valence-corrected chi connectivity index (χ1v) is 47.2. The topological polar surface area (TPSA) is 473 Å². The number of hydroxylamine groups is 1. The molecular formula is C86H133IN4O32S4. The van der Waals surface area contributed by atoms with E-state index in [9.17, 15) is 54.3 Å². The van der Waals surface area contributed by atoms with Gasteiger partial charge in [-0.25, -0.2) is 4.79 Å². The smallest absolute Gasteiger partial charge is 0.411 e. The first kappa shape index (κ1) is 111. The number of nitrogens with two attached hydrogens (primary N) is 1. The van der Waals surface area contributed by atoms with Gasteiger partial charge in [-0.2, -0.15) is 18.1 Å². The number of hydrogen-bond acceptors (Lipinski definition) is 38. The second-order valence-corrected chi connectivity index (χ2v) is 38.2. The monoisotopic (exact) mass is 1990 g/mol. The number of hydrogen-bond donors (Lipinski definition) is 11. The first-order valence-electron chi connectivity index (χ1n) is 42.5. The highest BCUT2D eigenvalue weighted by atomic mass is 127. The Morgan fingerprint density at radius 1 is 0.717 bits per heavy atom. The molecule has 17 unspecified atom stereocenters. The number of Topliss-reactive ketones (excluding diaryl/α,β-unsaturated/α-hetero) is 3. The summed E-state index contributed by atoms with van der Waals surface area (Å²) in [6, 6.07) is -1.79. The van der Waals surface area contributed by atoms with E-state index in [1.54, 1.807) is 45.6 Å². The fourth-order valence-corrected chi connectivity index (χ4v) is 18.6. The predicted molar refractivity (Wildman–Crippen MR) is 482 cm³/mol. The van der Waals surface area contributed by atoms with Crippen LogP contribution in [0.1, 0.15) is 142 Å². The molecule has 11 N–H and O–H groups in total. The maximum Gasteiger partial charge on any atom is 0.411 e. The number of rotatable bonds is 53. The summed E-state index contributed by atoms with van der Waals surface area (Å²) in [4.78, 5) is 87.8. The number of amides is 2. The molecule has 4 heterocycles. The summed E-state index contributed by atoms with van der Waals surface area (Å²) < 4.78 is 105. The normalized spacial score (nSPS) is 27.8. The summed E-state index contributed by atoms with van der Waals surface area (Å²) >= 11 is 7.18. The summed E-state index contributed by atoms with van der Waals surface area (Å²) in [6.07, 6.45) is -11.3. The molecule has 2 bridgehead atoms. The van der Waals surface area contributed by atoms with Crippen LogP contribution < -0.4 is 30.7 Å². The number of carbonyl (C=O) groups is 6. The zero-order valence-corrected chi connectivity index (χ0v) is 80.5. The van der Waals surface area contributed by atoms with Crippen molar-refractivity contribution >= 4 is 103 Å². The molecule has 720 valence electrons. The molecule has 0 spiro atoms. The first-order chi connectivity index (χ1) is 60.6. The van der Waals surface area contributed by atoms with E-state index in [1.807, 2.05) is 50.3 Å². The van der Waals surface area contributed by atoms with Crippen molar-refractivity contribution in [2.24, 2.45) is 5.73 Å². The quantitative estimate of drug-likeness (QED) is 0.0103. The fraction of sp³-hybridized carbons (Fsp3) is 0.744. The molecule has 0 radical (unpaired) electrons. The second-order valence-electron chi connectivity index (χ2n) is 31.7. The number of aliphatic hydroxyl groups excluding tert-OH is 6. The van der Waals surface area contributed by atoms with E-state index in [1.165, 1.54) is 62.2 Å². The van der Waals surface area contributed by atoms with E-state index in [-0.39, 0.29) is 120 Å². The van der Waals surface area contributed by atoms with Gasteiger partial charge in [0.2, 0.25) is 23.1 Å². The number of alkyl carbamates (subject to hydrolysis) is 1. The van der Waals surface area contributed by atoms with Crippen LogP contribution in [-0.2, 0) is 95.1 Å². The van der Waals surface area contributed by atoms with E-state index in [0.717, 1.165) is 31.7 Å². The molecule has 0 aromatic heterocycles. The molecule has 4 saturated heterocycles. The number of carbonyl (C=O) groups excluding carboxylic acids is 6. The number of aliphatic hydroxyl groups is 7. The zero-order valence-electron chi connectivity index (χ0n) is 75.0. The lowest BCUT2D eigenvalue weighted by Crippen LogP contribution is -2.65. The third-order valence-electron chi connectivity index (χ3n) is 21.1. The van der Waals surface area contributed by atoms with Gasteiger partial charge in [-0.1, -0.05) is 77.0 Å². The number of allylic oxidation sites excluding steroid dienone is 3. The third kappa shape index (κ3) is 35.1. The molecule has 7 rings (SSSR count). The number of thiol groups is 1. The molecule has 19 atom stereocenters. The molecule has 41 heteroatoms. The molecule has 2 amide bonds. The molecule has 4 aliphatic heterocycles. The molecular weight excluding hydrogens is 1860 g/mol.